The van der Waals surface area contributed by atoms with Gasteiger partial charge in [0.25, 0.3) is 0 Å². The highest BCUT2D eigenvalue weighted by Gasteiger charge is 2.53. The van der Waals surface area contributed by atoms with Crippen molar-refractivity contribution in [1.29, 1.82) is 0 Å². The first kappa shape index (κ1) is 33.0. The van der Waals surface area contributed by atoms with E-state index in [1.165, 1.54) is 0 Å². The molecule has 3 aliphatic heterocycles. The number of aromatic hydroxyl groups is 1. The second-order valence-electron chi connectivity index (χ2n) is 12.7. The van der Waals surface area contributed by atoms with Gasteiger partial charge in [0.15, 0.2) is 12.0 Å². The summed E-state index contributed by atoms with van der Waals surface area (Å²) in [5.74, 6) is -0.689. The molecule has 3 saturated heterocycles. The van der Waals surface area contributed by atoms with Crippen LogP contribution < -0.4 is 16.1 Å². The quantitative estimate of drug-likeness (QED) is 0.121. The third-order valence-corrected chi connectivity index (χ3v) is 9.49. The lowest BCUT2D eigenvalue weighted by Crippen LogP contribution is -2.58. The Labute approximate surface area is 284 Å². The molecule has 0 saturated carbocycles. The Kier molecular flexibility index (Phi) is 9.24. The standard InChI is InChI=1S/C35H39BN6O7/c1-40-14-16-42(17-15-40)19-28(44)41(2)24-11-9-23(10-12-24)38-31(21-6-4-3-5-7-21)29-25-13-8-22(18-26(25)39-34(29)45)36-48-32-27(20-43)47-35(46)30(37)33(32)49-36/h3-13,18,27,30,32-33,39,43,45H,14-17,19-20,37H2,1-2H3/t27-,30-,32-,33-/m1/s1. The summed E-state index contributed by atoms with van der Waals surface area (Å²) in [6.07, 6.45) is -2.37. The number of anilines is 1. The number of aliphatic imine (C=N–C) groups is 1. The number of amides is 1. The fourth-order valence-electron chi connectivity index (χ4n) is 6.56. The lowest BCUT2D eigenvalue weighted by molar-refractivity contribution is -0.173. The molecule has 7 rings (SSSR count). The number of hydrogen-bond acceptors (Lipinski definition) is 11. The zero-order chi connectivity index (χ0) is 34.2. The number of fused-ring (bicyclic) bond motifs is 2. The third-order valence-electron chi connectivity index (χ3n) is 9.49. The molecule has 3 fully saturated rings. The SMILES string of the molecule is CN1CCN(CC(=O)N(C)c2ccc(N=C(c3ccccc3)c3c(O)[nH]c4cc(B5O[C@H]6[C@H](O5)[C@@H](N)C(=O)O[C@@H]6CO)ccc34)cc2)CC1. The van der Waals surface area contributed by atoms with Gasteiger partial charge in [-0.3, -0.25) is 14.5 Å². The number of H-pyrrole nitrogens is 1. The molecule has 1 amide bonds. The van der Waals surface area contributed by atoms with E-state index in [4.69, 9.17) is 24.8 Å². The second kappa shape index (κ2) is 13.7. The molecule has 13 nitrogen and oxygen atoms in total. The number of nitrogens with two attached hydrogens (primary N) is 1. The number of aromatic nitrogens is 1. The fourth-order valence-corrected chi connectivity index (χ4v) is 6.56. The number of aliphatic hydroxyl groups is 1. The zero-order valence-electron chi connectivity index (χ0n) is 27.4. The van der Waals surface area contributed by atoms with Crippen molar-refractivity contribution in [1.82, 2.24) is 14.8 Å². The number of nitrogens with zero attached hydrogens (tertiary/aromatic N) is 4. The molecular weight excluding hydrogens is 627 g/mol. The van der Waals surface area contributed by atoms with Crippen molar-refractivity contribution in [3.8, 4) is 5.88 Å². The Hall–Kier alpha value is -4.57. The first-order valence-electron chi connectivity index (χ1n) is 16.3. The van der Waals surface area contributed by atoms with Crippen LogP contribution in [-0.4, -0.2) is 127 Å². The molecule has 5 N–H and O–H groups in total. The molecule has 0 spiro atoms. The highest BCUT2D eigenvalue weighted by Crippen LogP contribution is 2.33. The number of hydrogen-bond donors (Lipinski definition) is 4. The molecule has 0 radical (unpaired) electrons. The van der Waals surface area contributed by atoms with Gasteiger partial charge in [0.2, 0.25) is 5.91 Å². The molecular formula is C35H39BN6O7. The van der Waals surface area contributed by atoms with Crippen LogP contribution >= 0.6 is 0 Å². The van der Waals surface area contributed by atoms with Crippen molar-refractivity contribution in [3.05, 3.63) is 83.9 Å². The number of carbonyl (C=O) groups excluding carboxylic acids is 2. The number of aliphatic hydroxyl groups excluding tert-OH is 1. The maximum Gasteiger partial charge on any atom is 0.494 e. The zero-order valence-corrected chi connectivity index (χ0v) is 27.4. The van der Waals surface area contributed by atoms with Gasteiger partial charge in [0.1, 0.15) is 12.1 Å². The maximum atomic E-state index is 13.0. The molecule has 254 valence electrons. The lowest BCUT2D eigenvalue weighted by Gasteiger charge is -2.34. The number of rotatable bonds is 8. The summed E-state index contributed by atoms with van der Waals surface area (Å²) in [4.78, 5) is 39.4. The minimum Gasteiger partial charge on any atom is -0.494 e. The smallest absolute Gasteiger partial charge is 0.494 e. The third kappa shape index (κ3) is 6.58. The van der Waals surface area contributed by atoms with Gasteiger partial charge in [-0.05, 0) is 42.8 Å². The minimum atomic E-state index is -1.04. The van der Waals surface area contributed by atoms with Gasteiger partial charge in [-0.25, -0.2) is 4.99 Å². The van der Waals surface area contributed by atoms with Crippen LogP contribution in [0.5, 0.6) is 5.88 Å². The van der Waals surface area contributed by atoms with E-state index in [1.54, 1.807) is 18.0 Å². The Morgan fingerprint density at radius 2 is 1.76 bits per heavy atom. The van der Waals surface area contributed by atoms with Crippen molar-refractivity contribution >= 4 is 52.4 Å². The van der Waals surface area contributed by atoms with Crippen LogP contribution in [0.4, 0.5) is 11.4 Å². The highest BCUT2D eigenvalue weighted by atomic mass is 16.7. The minimum absolute atomic E-state index is 0.0268. The van der Waals surface area contributed by atoms with Gasteiger partial charge >= 0.3 is 13.1 Å². The average Bonchev–Trinajstić information content (AvgIpc) is 3.71. The van der Waals surface area contributed by atoms with Crippen molar-refractivity contribution < 1.29 is 33.8 Å². The highest BCUT2D eigenvalue weighted by molar-refractivity contribution is 6.62. The summed E-state index contributed by atoms with van der Waals surface area (Å²) in [7, 11) is 3.01. The molecule has 1 aromatic heterocycles. The molecule has 3 aliphatic rings. The van der Waals surface area contributed by atoms with Crippen LogP contribution in [0.15, 0.2) is 77.8 Å². The van der Waals surface area contributed by atoms with Crippen molar-refractivity contribution in [2.75, 3.05) is 58.3 Å². The topological polar surface area (TPSA) is 166 Å². The van der Waals surface area contributed by atoms with Gasteiger partial charge < -0.3 is 44.8 Å². The van der Waals surface area contributed by atoms with Crippen LogP contribution in [0.2, 0.25) is 0 Å². The van der Waals surface area contributed by atoms with Crippen molar-refractivity contribution in [3.63, 3.8) is 0 Å². The predicted molar refractivity (Wildman–Crippen MR) is 186 cm³/mol. The summed E-state index contributed by atoms with van der Waals surface area (Å²) >= 11 is 0. The molecule has 4 heterocycles. The largest absolute Gasteiger partial charge is 0.494 e. The molecule has 0 unspecified atom stereocenters. The normalized spacial score (nSPS) is 23.5. The number of benzene rings is 3. The molecule has 0 bridgehead atoms. The van der Waals surface area contributed by atoms with E-state index < -0.39 is 44.0 Å². The number of ether oxygens (including phenoxy) is 1. The number of cyclic esters (lactones) is 1. The molecule has 4 atom stereocenters. The Morgan fingerprint density at radius 3 is 2.47 bits per heavy atom. The number of piperazine rings is 1. The first-order chi connectivity index (χ1) is 23.7. The van der Waals surface area contributed by atoms with Gasteiger partial charge in [-0.15, -0.1) is 0 Å². The van der Waals surface area contributed by atoms with Crippen LogP contribution in [-0.2, 0) is 23.6 Å². The summed E-state index contributed by atoms with van der Waals surface area (Å²) < 4.78 is 17.3. The van der Waals surface area contributed by atoms with Gasteiger partial charge in [0, 0.05) is 55.4 Å². The number of esters is 1. The monoisotopic (exact) mass is 666 g/mol. The predicted octanol–water partition coefficient (Wildman–Crippen LogP) is 0.977. The average molecular weight is 667 g/mol. The van der Waals surface area contributed by atoms with E-state index in [0.717, 1.165) is 37.4 Å². The van der Waals surface area contributed by atoms with Crippen LogP contribution in [0, 0.1) is 0 Å². The van der Waals surface area contributed by atoms with E-state index >= 15 is 0 Å². The van der Waals surface area contributed by atoms with Crippen LogP contribution in [0.3, 0.4) is 0 Å². The Bertz CT molecular complexity index is 1860. The molecule has 4 aromatic rings. The van der Waals surface area contributed by atoms with Crippen molar-refractivity contribution in [2.24, 2.45) is 10.7 Å². The second-order valence-corrected chi connectivity index (χ2v) is 12.7. The van der Waals surface area contributed by atoms with Gasteiger partial charge in [-0.1, -0.05) is 42.5 Å². The number of likely N-dealkylation sites (N-methyl/N-ethyl adjacent to an activating group) is 2. The van der Waals surface area contributed by atoms with Gasteiger partial charge in [-0.2, -0.15) is 0 Å². The lowest BCUT2D eigenvalue weighted by atomic mass is 9.79. The van der Waals surface area contributed by atoms with Crippen molar-refractivity contribution in [2.45, 2.75) is 24.4 Å². The summed E-state index contributed by atoms with van der Waals surface area (Å²) in [5, 5.41) is 21.7. The van der Waals surface area contributed by atoms with E-state index in [-0.39, 0.29) is 11.8 Å². The van der Waals surface area contributed by atoms with Crippen LogP contribution in [0.1, 0.15) is 11.1 Å². The summed E-state index contributed by atoms with van der Waals surface area (Å²) in [5.41, 5.74) is 10.5. The fraction of sp³-hybridized carbons (Fsp3) is 0.343. The maximum absolute atomic E-state index is 13.0. The molecule has 3 aromatic carbocycles. The Morgan fingerprint density at radius 1 is 1.04 bits per heavy atom. The number of aromatic amines is 1. The number of nitrogens with one attached hydrogen (secondary N) is 1. The van der Waals surface area contributed by atoms with E-state index in [2.05, 4.69) is 21.8 Å². The van der Waals surface area contributed by atoms with Crippen LogP contribution in [0.25, 0.3) is 10.9 Å². The summed E-state index contributed by atoms with van der Waals surface area (Å²) in [6.45, 7) is 3.59. The first-order valence-corrected chi connectivity index (χ1v) is 16.3. The van der Waals surface area contributed by atoms with Gasteiger partial charge in [0.05, 0.1) is 36.2 Å². The number of carbonyl (C=O) groups is 2. The molecule has 0 aliphatic carbocycles. The van der Waals surface area contributed by atoms with E-state index in [9.17, 15) is 19.8 Å². The van der Waals surface area contributed by atoms with E-state index in [1.807, 2.05) is 66.7 Å². The molecule has 49 heavy (non-hydrogen) atoms. The Balaban J connectivity index is 1.15. The summed E-state index contributed by atoms with van der Waals surface area (Å²) in [6, 6.07) is 21.5. The molecule has 14 heteroatoms. The van der Waals surface area contributed by atoms with E-state index in [0.29, 0.717) is 39.9 Å².